The van der Waals surface area contributed by atoms with E-state index in [1.165, 1.54) is 5.56 Å². The predicted molar refractivity (Wildman–Crippen MR) is 121 cm³/mol. The Hall–Kier alpha value is -3.47. The molecule has 2 aromatic carbocycles. The van der Waals surface area contributed by atoms with E-state index in [4.69, 9.17) is 0 Å². The van der Waals surface area contributed by atoms with Crippen molar-refractivity contribution in [2.24, 2.45) is 5.41 Å². The second-order valence-electron chi connectivity index (χ2n) is 8.17. The lowest BCUT2D eigenvalue weighted by molar-refractivity contribution is -0.133. The van der Waals surface area contributed by atoms with Crippen LogP contribution in [0.3, 0.4) is 0 Å². The third kappa shape index (κ3) is 4.50. The van der Waals surface area contributed by atoms with Gasteiger partial charge in [-0.05, 0) is 48.1 Å². The van der Waals surface area contributed by atoms with Crippen molar-refractivity contribution in [1.29, 1.82) is 0 Å². The fourth-order valence-corrected chi connectivity index (χ4v) is 4.49. The highest BCUT2D eigenvalue weighted by atomic mass is 16.2. The quantitative estimate of drug-likeness (QED) is 0.689. The van der Waals surface area contributed by atoms with Gasteiger partial charge in [0.2, 0.25) is 5.91 Å². The van der Waals surface area contributed by atoms with Crippen molar-refractivity contribution in [2.75, 3.05) is 20.1 Å². The maximum Gasteiger partial charge on any atom is 0.255 e. The van der Waals surface area contributed by atoms with Crippen LogP contribution in [0.25, 0.3) is 11.1 Å². The number of nitrogens with one attached hydrogen (secondary N) is 1. The lowest BCUT2D eigenvalue weighted by Crippen LogP contribution is -2.54. The molecule has 0 spiro atoms. The Labute approximate surface area is 183 Å². The van der Waals surface area contributed by atoms with Gasteiger partial charge in [-0.1, -0.05) is 54.6 Å². The van der Waals surface area contributed by atoms with Gasteiger partial charge in [0, 0.05) is 32.5 Å². The fraction of sp³-hybridized carbons (Fsp3) is 0.269. The van der Waals surface area contributed by atoms with Crippen LogP contribution in [0.2, 0.25) is 0 Å². The first kappa shape index (κ1) is 20.8. The van der Waals surface area contributed by atoms with E-state index in [0.29, 0.717) is 25.1 Å². The molecule has 0 radical (unpaired) electrons. The van der Waals surface area contributed by atoms with Crippen molar-refractivity contribution in [3.8, 4) is 11.1 Å². The van der Waals surface area contributed by atoms with Gasteiger partial charge in [0.25, 0.3) is 5.91 Å². The zero-order valence-corrected chi connectivity index (χ0v) is 17.8. The molecular formula is C26H27N3O2. The van der Waals surface area contributed by atoms with E-state index in [2.05, 4.69) is 46.7 Å². The number of rotatable bonds is 5. The molecule has 0 saturated carbocycles. The molecule has 1 saturated heterocycles. The second-order valence-corrected chi connectivity index (χ2v) is 8.17. The Morgan fingerprint density at radius 3 is 2.42 bits per heavy atom. The highest BCUT2D eigenvalue weighted by Crippen LogP contribution is 2.35. The van der Waals surface area contributed by atoms with Gasteiger partial charge in [0.05, 0.1) is 11.0 Å². The zero-order valence-electron chi connectivity index (χ0n) is 17.8. The number of likely N-dealkylation sites (tertiary alicyclic amines) is 1. The maximum absolute atomic E-state index is 13.0. The number of carbonyl (C=O) groups is 2. The third-order valence-electron chi connectivity index (χ3n) is 6.08. The van der Waals surface area contributed by atoms with E-state index in [-0.39, 0.29) is 11.8 Å². The van der Waals surface area contributed by atoms with Crippen LogP contribution in [0.4, 0.5) is 0 Å². The number of pyridine rings is 1. The highest BCUT2D eigenvalue weighted by molar-refractivity contribution is 5.94. The molecule has 158 valence electrons. The first-order chi connectivity index (χ1) is 15.1. The van der Waals surface area contributed by atoms with Crippen molar-refractivity contribution in [3.05, 3.63) is 90.3 Å². The molecule has 2 heterocycles. The van der Waals surface area contributed by atoms with Crippen LogP contribution >= 0.6 is 0 Å². The van der Waals surface area contributed by atoms with Gasteiger partial charge in [0.1, 0.15) is 0 Å². The molecule has 1 fully saturated rings. The summed E-state index contributed by atoms with van der Waals surface area (Å²) in [4.78, 5) is 31.9. The number of nitrogens with zero attached hydrogens (tertiary/aromatic N) is 2. The van der Waals surface area contributed by atoms with Crippen LogP contribution in [0.15, 0.2) is 79.1 Å². The van der Waals surface area contributed by atoms with E-state index < -0.39 is 5.41 Å². The normalized spacial score (nSPS) is 18.4. The van der Waals surface area contributed by atoms with Crippen LogP contribution in [-0.2, 0) is 11.2 Å². The van der Waals surface area contributed by atoms with Crippen molar-refractivity contribution in [2.45, 2.75) is 19.3 Å². The summed E-state index contributed by atoms with van der Waals surface area (Å²) >= 11 is 0. The summed E-state index contributed by atoms with van der Waals surface area (Å²) in [6.07, 6.45) is 5.38. The summed E-state index contributed by atoms with van der Waals surface area (Å²) in [5.74, 6) is -0.0798. The van der Waals surface area contributed by atoms with Crippen molar-refractivity contribution in [1.82, 2.24) is 15.2 Å². The van der Waals surface area contributed by atoms with Crippen molar-refractivity contribution < 1.29 is 9.59 Å². The van der Waals surface area contributed by atoms with Crippen LogP contribution in [0.5, 0.6) is 0 Å². The van der Waals surface area contributed by atoms with Gasteiger partial charge in [-0.15, -0.1) is 0 Å². The average molecular weight is 414 g/mol. The minimum atomic E-state index is -0.640. The molecule has 31 heavy (non-hydrogen) atoms. The SMILES string of the molecule is CNC(=O)[C@]1(Cc2ccc(-c3ccccc3)cc2)CCCN(C(=O)c2cccnc2)C1. The van der Waals surface area contributed by atoms with Gasteiger partial charge in [-0.2, -0.15) is 0 Å². The molecule has 0 unspecified atom stereocenters. The summed E-state index contributed by atoms with van der Waals surface area (Å²) in [5.41, 5.74) is 3.33. The van der Waals surface area contributed by atoms with Gasteiger partial charge in [-0.25, -0.2) is 0 Å². The van der Waals surface area contributed by atoms with Crippen LogP contribution in [0, 0.1) is 5.41 Å². The molecule has 0 bridgehead atoms. The Bertz CT molecular complexity index is 1040. The third-order valence-corrected chi connectivity index (χ3v) is 6.08. The van der Waals surface area contributed by atoms with Gasteiger partial charge >= 0.3 is 0 Å². The number of hydrogen-bond acceptors (Lipinski definition) is 3. The molecule has 1 aliphatic rings. The molecule has 0 aliphatic carbocycles. The lowest BCUT2D eigenvalue weighted by atomic mass is 9.74. The first-order valence-corrected chi connectivity index (χ1v) is 10.7. The van der Waals surface area contributed by atoms with Crippen molar-refractivity contribution in [3.63, 3.8) is 0 Å². The molecule has 1 aromatic heterocycles. The molecule has 1 atom stereocenters. The largest absolute Gasteiger partial charge is 0.359 e. The lowest BCUT2D eigenvalue weighted by Gasteiger charge is -2.41. The maximum atomic E-state index is 13.0. The van der Waals surface area contributed by atoms with Crippen LogP contribution in [0.1, 0.15) is 28.8 Å². The number of aromatic nitrogens is 1. The summed E-state index contributed by atoms with van der Waals surface area (Å²) in [6.45, 7) is 1.06. The fourth-order valence-electron chi connectivity index (χ4n) is 4.49. The predicted octanol–water partition coefficient (Wildman–Crippen LogP) is 3.96. The van der Waals surface area contributed by atoms with E-state index in [1.54, 1.807) is 36.5 Å². The van der Waals surface area contributed by atoms with E-state index in [0.717, 1.165) is 24.0 Å². The molecular weight excluding hydrogens is 386 g/mol. The summed E-state index contributed by atoms with van der Waals surface area (Å²) in [7, 11) is 1.67. The molecule has 1 aliphatic heterocycles. The smallest absolute Gasteiger partial charge is 0.255 e. The summed E-state index contributed by atoms with van der Waals surface area (Å²) in [5, 5.41) is 2.84. The Morgan fingerprint density at radius 2 is 1.74 bits per heavy atom. The van der Waals surface area contributed by atoms with Crippen molar-refractivity contribution >= 4 is 11.8 Å². The number of benzene rings is 2. The monoisotopic (exact) mass is 413 g/mol. The topological polar surface area (TPSA) is 62.3 Å². The van der Waals surface area contributed by atoms with E-state index >= 15 is 0 Å². The first-order valence-electron chi connectivity index (χ1n) is 10.7. The average Bonchev–Trinajstić information content (AvgIpc) is 2.84. The van der Waals surface area contributed by atoms with Crippen LogP contribution < -0.4 is 5.32 Å². The van der Waals surface area contributed by atoms with Gasteiger partial charge < -0.3 is 10.2 Å². The summed E-state index contributed by atoms with van der Waals surface area (Å²) < 4.78 is 0. The molecule has 5 nitrogen and oxygen atoms in total. The zero-order chi connectivity index (χ0) is 21.7. The van der Waals surface area contributed by atoms with Gasteiger partial charge in [-0.3, -0.25) is 14.6 Å². The molecule has 2 amide bonds. The number of piperidine rings is 1. The minimum absolute atomic E-state index is 0.0108. The number of hydrogen-bond donors (Lipinski definition) is 1. The van der Waals surface area contributed by atoms with Crippen LogP contribution in [-0.4, -0.2) is 41.8 Å². The van der Waals surface area contributed by atoms with E-state index in [1.807, 2.05) is 18.2 Å². The number of carbonyl (C=O) groups excluding carboxylic acids is 2. The molecule has 1 N–H and O–H groups in total. The second kappa shape index (κ2) is 9.13. The number of amides is 2. The Kier molecular flexibility index (Phi) is 6.12. The molecule has 4 rings (SSSR count). The van der Waals surface area contributed by atoms with Gasteiger partial charge in [0.15, 0.2) is 0 Å². The Morgan fingerprint density at radius 1 is 1.00 bits per heavy atom. The van der Waals surface area contributed by atoms with E-state index in [9.17, 15) is 9.59 Å². The standard InChI is InChI=1S/C26H27N3O2/c1-27-25(31)26(14-6-16-29(19-26)24(30)23-9-5-15-28-18-23)17-20-10-12-22(13-11-20)21-7-3-2-4-8-21/h2-5,7-13,15,18H,6,14,16-17,19H2,1H3,(H,27,31)/t26-/m0/s1. The molecule has 5 heteroatoms. The molecule has 3 aromatic rings. The highest BCUT2D eigenvalue weighted by Gasteiger charge is 2.43. The summed E-state index contributed by atoms with van der Waals surface area (Å²) in [6, 6.07) is 22.2. The Balaban J connectivity index is 1.56. The minimum Gasteiger partial charge on any atom is -0.359 e.